The third-order valence-corrected chi connectivity index (χ3v) is 5.68. The van der Waals surface area contributed by atoms with Crippen molar-refractivity contribution < 1.29 is 4.79 Å². The minimum absolute atomic E-state index is 0.103. The van der Waals surface area contributed by atoms with E-state index in [0.29, 0.717) is 5.82 Å². The van der Waals surface area contributed by atoms with E-state index in [-0.39, 0.29) is 20.9 Å². The molecule has 23 heavy (non-hydrogen) atoms. The van der Waals surface area contributed by atoms with Gasteiger partial charge in [0.1, 0.15) is 0 Å². The van der Waals surface area contributed by atoms with E-state index in [1.165, 1.54) is 5.56 Å². The van der Waals surface area contributed by atoms with E-state index in [0.717, 1.165) is 15.3 Å². The Balaban J connectivity index is 1.73. The van der Waals surface area contributed by atoms with Crippen molar-refractivity contribution in [1.82, 2.24) is 4.98 Å². The van der Waals surface area contributed by atoms with Crippen molar-refractivity contribution in [3.8, 4) is 0 Å². The molecule has 1 heterocycles. The normalized spacial score (nSPS) is 10.3. The van der Waals surface area contributed by atoms with E-state index < -0.39 is 0 Å². The molecule has 0 spiro atoms. The summed E-state index contributed by atoms with van der Waals surface area (Å²) in [6.07, 6.45) is 1.67. The Kier molecular flexibility index (Phi) is 5.20. The molecule has 2 aromatic carbocycles. The van der Waals surface area contributed by atoms with Gasteiger partial charge in [-0.25, -0.2) is 0 Å². The first-order valence-corrected chi connectivity index (χ1v) is 9.38. The van der Waals surface area contributed by atoms with Gasteiger partial charge in [0.05, 0.1) is 0 Å². The van der Waals surface area contributed by atoms with Crippen LogP contribution in [0.1, 0.15) is 15.9 Å². The third-order valence-electron chi connectivity index (χ3n) is 3.28. The van der Waals surface area contributed by atoms with Gasteiger partial charge in [-0.2, -0.15) is 0 Å². The average molecular weight is 367 g/mol. The standard InChI is InChI=1S/C19H16N2OSe/c22-19(21-18-12-6-7-13-20-18)16-10-4-5-11-17(16)23-14-15-8-2-1-3-9-15/h1-13H,14H2,(H,20,21,22). The monoisotopic (exact) mass is 368 g/mol. The van der Waals surface area contributed by atoms with Crippen molar-refractivity contribution >= 4 is 31.1 Å². The Bertz CT molecular complexity index is 776. The van der Waals surface area contributed by atoms with Gasteiger partial charge in [-0.3, -0.25) is 0 Å². The molecule has 1 N–H and O–H groups in total. The Morgan fingerprint density at radius 1 is 0.913 bits per heavy atom. The SMILES string of the molecule is O=C(Nc1ccccn1)c1ccccc1[Se]Cc1ccccc1. The molecule has 4 heteroatoms. The summed E-state index contributed by atoms with van der Waals surface area (Å²) in [6.45, 7) is 0. The molecule has 0 unspecified atom stereocenters. The second-order valence-electron chi connectivity index (χ2n) is 4.94. The number of amides is 1. The fraction of sp³-hybridized carbons (Fsp3) is 0.0526. The van der Waals surface area contributed by atoms with E-state index in [2.05, 4.69) is 22.4 Å². The number of aromatic nitrogens is 1. The van der Waals surface area contributed by atoms with Gasteiger partial charge in [-0.15, -0.1) is 0 Å². The predicted octanol–water partition coefficient (Wildman–Crippen LogP) is 2.86. The van der Waals surface area contributed by atoms with Gasteiger partial charge in [-0.05, 0) is 0 Å². The zero-order valence-corrected chi connectivity index (χ0v) is 14.2. The van der Waals surface area contributed by atoms with Crippen LogP contribution in [-0.2, 0) is 5.32 Å². The molecule has 0 bridgehead atoms. The fourth-order valence-corrected chi connectivity index (χ4v) is 4.25. The van der Waals surface area contributed by atoms with Crippen molar-refractivity contribution in [2.45, 2.75) is 5.32 Å². The number of hydrogen-bond donors (Lipinski definition) is 1. The molecule has 3 nitrogen and oxygen atoms in total. The predicted molar refractivity (Wildman–Crippen MR) is 94.2 cm³/mol. The van der Waals surface area contributed by atoms with Gasteiger partial charge in [0.15, 0.2) is 0 Å². The maximum atomic E-state index is 12.5. The van der Waals surface area contributed by atoms with Crippen LogP contribution in [0.4, 0.5) is 5.82 Å². The number of hydrogen-bond acceptors (Lipinski definition) is 2. The van der Waals surface area contributed by atoms with Crippen molar-refractivity contribution in [2.24, 2.45) is 0 Å². The van der Waals surface area contributed by atoms with Gasteiger partial charge in [0.2, 0.25) is 0 Å². The third kappa shape index (κ3) is 4.28. The molecule has 0 radical (unpaired) electrons. The molecular weight excluding hydrogens is 351 g/mol. The van der Waals surface area contributed by atoms with E-state index in [1.807, 2.05) is 54.6 Å². The molecular formula is C19H16N2OSe. The first kappa shape index (κ1) is 15.5. The summed E-state index contributed by atoms with van der Waals surface area (Å²) >= 11 is 0.208. The van der Waals surface area contributed by atoms with Crippen LogP contribution in [0.3, 0.4) is 0 Å². The van der Waals surface area contributed by atoms with Gasteiger partial charge in [-0.1, -0.05) is 0 Å². The minimum atomic E-state index is -0.103. The molecule has 0 saturated heterocycles. The van der Waals surface area contributed by atoms with E-state index in [4.69, 9.17) is 0 Å². The van der Waals surface area contributed by atoms with E-state index >= 15 is 0 Å². The van der Waals surface area contributed by atoms with Crippen LogP contribution in [0.2, 0.25) is 0 Å². The summed E-state index contributed by atoms with van der Waals surface area (Å²) in [5.41, 5.74) is 2.03. The van der Waals surface area contributed by atoms with Crippen LogP contribution in [0, 0.1) is 0 Å². The molecule has 3 rings (SSSR count). The van der Waals surface area contributed by atoms with Crippen LogP contribution >= 0.6 is 0 Å². The van der Waals surface area contributed by atoms with Crippen LogP contribution in [0.5, 0.6) is 0 Å². The van der Waals surface area contributed by atoms with Crippen LogP contribution in [0.25, 0.3) is 0 Å². The Hall–Kier alpha value is -2.42. The zero-order valence-electron chi connectivity index (χ0n) is 12.5. The Morgan fingerprint density at radius 3 is 2.43 bits per heavy atom. The molecule has 0 fully saturated rings. The molecule has 1 aromatic heterocycles. The molecule has 0 atom stereocenters. The van der Waals surface area contributed by atoms with Gasteiger partial charge >= 0.3 is 142 Å². The van der Waals surface area contributed by atoms with Crippen molar-refractivity contribution in [1.29, 1.82) is 0 Å². The van der Waals surface area contributed by atoms with Crippen molar-refractivity contribution in [3.05, 3.63) is 90.1 Å². The summed E-state index contributed by atoms with van der Waals surface area (Å²) in [6, 6.07) is 23.6. The Morgan fingerprint density at radius 2 is 1.65 bits per heavy atom. The summed E-state index contributed by atoms with van der Waals surface area (Å²) in [5, 5.41) is 3.83. The van der Waals surface area contributed by atoms with Gasteiger partial charge in [0, 0.05) is 0 Å². The fourth-order valence-electron chi connectivity index (χ4n) is 2.14. The molecule has 1 amide bonds. The average Bonchev–Trinajstić information content (AvgIpc) is 2.62. The summed E-state index contributed by atoms with van der Waals surface area (Å²) < 4.78 is 1.11. The molecule has 3 aromatic rings. The number of carbonyl (C=O) groups is 1. The van der Waals surface area contributed by atoms with Crippen LogP contribution in [-0.4, -0.2) is 25.8 Å². The summed E-state index contributed by atoms with van der Waals surface area (Å²) in [7, 11) is 0. The zero-order chi connectivity index (χ0) is 15.9. The number of anilines is 1. The van der Waals surface area contributed by atoms with E-state index in [9.17, 15) is 4.79 Å². The quantitative estimate of drug-likeness (QED) is 0.705. The Labute approximate surface area is 141 Å². The van der Waals surface area contributed by atoms with Gasteiger partial charge in [0.25, 0.3) is 0 Å². The number of pyridine rings is 1. The number of rotatable bonds is 5. The van der Waals surface area contributed by atoms with Gasteiger partial charge < -0.3 is 0 Å². The first-order valence-electron chi connectivity index (χ1n) is 7.31. The second-order valence-corrected chi connectivity index (χ2v) is 7.07. The first-order chi connectivity index (χ1) is 11.3. The van der Waals surface area contributed by atoms with E-state index in [1.54, 1.807) is 12.3 Å². The number of benzene rings is 2. The molecule has 0 aliphatic rings. The molecule has 0 saturated carbocycles. The molecule has 0 aliphatic heterocycles. The van der Waals surface area contributed by atoms with Crippen LogP contribution < -0.4 is 9.78 Å². The second kappa shape index (κ2) is 7.72. The number of nitrogens with zero attached hydrogens (tertiary/aromatic N) is 1. The summed E-state index contributed by atoms with van der Waals surface area (Å²) in [4.78, 5) is 16.6. The topological polar surface area (TPSA) is 42.0 Å². The number of carbonyl (C=O) groups excluding carboxylic acids is 1. The maximum absolute atomic E-state index is 12.5. The molecule has 114 valence electrons. The molecule has 0 aliphatic carbocycles. The van der Waals surface area contributed by atoms with Crippen LogP contribution in [0.15, 0.2) is 79.0 Å². The number of nitrogens with one attached hydrogen (secondary N) is 1. The van der Waals surface area contributed by atoms with Crippen molar-refractivity contribution in [2.75, 3.05) is 5.32 Å². The summed E-state index contributed by atoms with van der Waals surface area (Å²) in [5.74, 6) is 0.470. The van der Waals surface area contributed by atoms with Crippen molar-refractivity contribution in [3.63, 3.8) is 0 Å².